The van der Waals surface area contributed by atoms with Gasteiger partial charge in [-0.25, -0.2) is 14.4 Å². The van der Waals surface area contributed by atoms with Crippen LogP contribution in [0.5, 0.6) is 11.5 Å². The van der Waals surface area contributed by atoms with E-state index in [1.807, 2.05) is 39.0 Å². The van der Waals surface area contributed by atoms with Crippen LogP contribution >= 0.6 is 0 Å². The standard InChI is InChI=1S/C22H25FN4O2/c1-4-24-22(26-14-21-27-15(2)16(3)28-21)25-13-17-9-5-7-11-19(17)29-20-12-8-6-10-18(20)23/h5-12H,4,13-14H2,1-3H3,(H2,24,25,26). The fourth-order valence-corrected chi connectivity index (χ4v) is 2.66. The van der Waals surface area contributed by atoms with Crippen molar-refractivity contribution in [2.75, 3.05) is 6.54 Å². The van der Waals surface area contributed by atoms with Gasteiger partial charge in [0.15, 0.2) is 17.5 Å². The minimum atomic E-state index is -0.405. The Morgan fingerprint density at radius 2 is 1.79 bits per heavy atom. The summed E-state index contributed by atoms with van der Waals surface area (Å²) >= 11 is 0. The van der Waals surface area contributed by atoms with Crippen LogP contribution in [0.4, 0.5) is 4.39 Å². The zero-order valence-corrected chi connectivity index (χ0v) is 16.8. The van der Waals surface area contributed by atoms with Gasteiger partial charge in [-0.15, -0.1) is 0 Å². The number of rotatable bonds is 7. The van der Waals surface area contributed by atoms with Gasteiger partial charge >= 0.3 is 0 Å². The van der Waals surface area contributed by atoms with Crippen molar-refractivity contribution in [1.82, 2.24) is 15.6 Å². The second-order valence-electron chi connectivity index (χ2n) is 6.44. The molecule has 0 fully saturated rings. The summed E-state index contributed by atoms with van der Waals surface area (Å²) < 4.78 is 25.3. The Balaban J connectivity index is 1.71. The number of hydrogen-bond acceptors (Lipinski definition) is 4. The summed E-state index contributed by atoms with van der Waals surface area (Å²) in [4.78, 5) is 8.97. The van der Waals surface area contributed by atoms with E-state index in [1.54, 1.807) is 24.3 Å². The molecule has 0 atom stereocenters. The highest BCUT2D eigenvalue weighted by Crippen LogP contribution is 2.27. The number of guanidine groups is 1. The number of benzene rings is 2. The van der Waals surface area contributed by atoms with Gasteiger partial charge in [-0.2, -0.15) is 0 Å². The lowest BCUT2D eigenvalue weighted by atomic mass is 10.2. The number of ether oxygens (including phenoxy) is 1. The summed E-state index contributed by atoms with van der Waals surface area (Å²) in [6.45, 7) is 7.29. The Morgan fingerprint density at radius 1 is 1.07 bits per heavy atom. The number of para-hydroxylation sites is 2. The fourth-order valence-electron chi connectivity index (χ4n) is 2.66. The van der Waals surface area contributed by atoms with Gasteiger partial charge in [-0.1, -0.05) is 30.3 Å². The van der Waals surface area contributed by atoms with Gasteiger partial charge in [0, 0.05) is 12.1 Å². The number of halogens is 1. The smallest absolute Gasteiger partial charge is 0.214 e. The van der Waals surface area contributed by atoms with Crippen LogP contribution in [0.25, 0.3) is 0 Å². The third-order valence-electron chi connectivity index (χ3n) is 4.26. The van der Waals surface area contributed by atoms with Crippen molar-refractivity contribution < 1.29 is 13.5 Å². The summed E-state index contributed by atoms with van der Waals surface area (Å²) in [6.07, 6.45) is 0. The molecule has 0 unspecified atom stereocenters. The van der Waals surface area contributed by atoms with Crippen LogP contribution in [0, 0.1) is 19.7 Å². The molecule has 3 aromatic rings. The number of hydrogen-bond donors (Lipinski definition) is 2. The van der Waals surface area contributed by atoms with Crippen LogP contribution in [0.2, 0.25) is 0 Å². The summed E-state index contributed by atoms with van der Waals surface area (Å²) in [7, 11) is 0. The predicted octanol–water partition coefficient (Wildman–Crippen LogP) is 4.48. The van der Waals surface area contributed by atoms with Gasteiger partial charge in [0.05, 0.1) is 18.8 Å². The van der Waals surface area contributed by atoms with E-state index in [2.05, 4.69) is 20.6 Å². The molecule has 0 aliphatic rings. The molecule has 0 amide bonds. The maximum atomic E-state index is 13.9. The summed E-state index contributed by atoms with van der Waals surface area (Å²) in [5.41, 5.74) is 1.72. The Kier molecular flexibility index (Phi) is 6.84. The molecule has 1 heterocycles. The average molecular weight is 396 g/mol. The van der Waals surface area contributed by atoms with Crippen LogP contribution in [0.1, 0.15) is 29.8 Å². The zero-order chi connectivity index (χ0) is 20.6. The molecule has 2 aromatic carbocycles. The molecule has 7 heteroatoms. The van der Waals surface area contributed by atoms with Crippen LogP contribution in [0.15, 0.2) is 57.9 Å². The number of nitrogens with zero attached hydrogens (tertiary/aromatic N) is 2. The van der Waals surface area contributed by atoms with Crippen LogP contribution in [0.3, 0.4) is 0 Å². The first-order valence-electron chi connectivity index (χ1n) is 9.52. The normalized spacial score (nSPS) is 11.4. The van der Waals surface area contributed by atoms with Gasteiger partial charge in [0.1, 0.15) is 11.5 Å². The number of aromatic nitrogens is 1. The lowest BCUT2D eigenvalue weighted by Gasteiger charge is -2.12. The summed E-state index contributed by atoms with van der Waals surface area (Å²) in [5.74, 6) is 2.38. The maximum absolute atomic E-state index is 13.9. The summed E-state index contributed by atoms with van der Waals surface area (Å²) in [6, 6.07) is 13.8. The number of nitrogens with one attached hydrogen (secondary N) is 2. The second-order valence-corrected chi connectivity index (χ2v) is 6.44. The SMILES string of the molecule is CCNC(=NCc1ccccc1Oc1ccccc1F)NCc1nc(C)c(C)o1. The zero-order valence-electron chi connectivity index (χ0n) is 16.8. The van der Waals surface area contributed by atoms with Crippen molar-refractivity contribution in [3.8, 4) is 11.5 Å². The molecule has 0 radical (unpaired) electrons. The molecule has 1 aromatic heterocycles. The number of oxazole rings is 1. The maximum Gasteiger partial charge on any atom is 0.214 e. The van der Waals surface area contributed by atoms with Gasteiger partial charge in [0.2, 0.25) is 5.89 Å². The Labute approximate surface area is 169 Å². The Bertz CT molecular complexity index is 965. The molecule has 29 heavy (non-hydrogen) atoms. The lowest BCUT2D eigenvalue weighted by Crippen LogP contribution is -2.36. The molecule has 0 aliphatic heterocycles. The molecular formula is C22H25FN4O2. The lowest BCUT2D eigenvalue weighted by molar-refractivity contribution is 0.438. The second kappa shape index (κ2) is 9.73. The van der Waals surface area contributed by atoms with Crippen molar-refractivity contribution in [1.29, 1.82) is 0 Å². The highest BCUT2D eigenvalue weighted by atomic mass is 19.1. The predicted molar refractivity (Wildman–Crippen MR) is 111 cm³/mol. The van der Waals surface area contributed by atoms with Gasteiger partial charge in [-0.05, 0) is 39.0 Å². The van der Waals surface area contributed by atoms with Gasteiger partial charge < -0.3 is 19.8 Å². The van der Waals surface area contributed by atoms with E-state index in [-0.39, 0.29) is 5.75 Å². The minimum absolute atomic E-state index is 0.184. The first-order chi connectivity index (χ1) is 14.1. The van der Waals surface area contributed by atoms with Crippen molar-refractivity contribution in [3.63, 3.8) is 0 Å². The molecule has 0 spiro atoms. The van der Waals surface area contributed by atoms with Crippen molar-refractivity contribution in [2.24, 2.45) is 4.99 Å². The monoisotopic (exact) mass is 396 g/mol. The molecule has 0 saturated carbocycles. The number of aryl methyl sites for hydroxylation is 2. The van der Waals surface area contributed by atoms with E-state index >= 15 is 0 Å². The van der Waals surface area contributed by atoms with Crippen LogP contribution in [-0.2, 0) is 13.1 Å². The molecule has 0 aliphatic carbocycles. The van der Waals surface area contributed by atoms with E-state index in [9.17, 15) is 4.39 Å². The highest BCUT2D eigenvalue weighted by Gasteiger charge is 2.09. The van der Waals surface area contributed by atoms with Crippen molar-refractivity contribution in [2.45, 2.75) is 33.9 Å². The Hall–Kier alpha value is -3.35. The first-order valence-corrected chi connectivity index (χ1v) is 9.52. The topological polar surface area (TPSA) is 71.7 Å². The van der Waals surface area contributed by atoms with E-state index in [0.717, 1.165) is 17.0 Å². The molecule has 6 nitrogen and oxygen atoms in total. The van der Waals surface area contributed by atoms with Gasteiger partial charge in [-0.3, -0.25) is 0 Å². The van der Waals surface area contributed by atoms with Crippen LogP contribution < -0.4 is 15.4 Å². The van der Waals surface area contributed by atoms with E-state index in [0.29, 0.717) is 37.2 Å². The molecule has 3 rings (SSSR count). The van der Waals surface area contributed by atoms with Gasteiger partial charge in [0.25, 0.3) is 0 Å². The Morgan fingerprint density at radius 3 is 2.48 bits per heavy atom. The molecule has 2 N–H and O–H groups in total. The third kappa shape index (κ3) is 5.57. The van der Waals surface area contributed by atoms with Crippen molar-refractivity contribution in [3.05, 3.63) is 77.3 Å². The minimum Gasteiger partial charge on any atom is -0.454 e. The largest absolute Gasteiger partial charge is 0.454 e. The quantitative estimate of drug-likeness (QED) is 0.455. The van der Waals surface area contributed by atoms with E-state index < -0.39 is 5.82 Å². The van der Waals surface area contributed by atoms with E-state index in [4.69, 9.17) is 9.15 Å². The molecule has 0 saturated heterocycles. The first kappa shape index (κ1) is 20.4. The van der Waals surface area contributed by atoms with Crippen LogP contribution in [-0.4, -0.2) is 17.5 Å². The molecule has 0 bridgehead atoms. The molecular weight excluding hydrogens is 371 g/mol. The van der Waals surface area contributed by atoms with Crippen molar-refractivity contribution >= 4 is 5.96 Å². The molecule has 152 valence electrons. The fraction of sp³-hybridized carbons (Fsp3) is 0.273. The third-order valence-corrected chi connectivity index (χ3v) is 4.26. The summed E-state index contributed by atoms with van der Waals surface area (Å²) in [5, 5.41) is 6.40. The van der Waals surface area contributed by atoms with E-state index in [1.165, 1.54) is 6.07 Å². The number of aliphatic imine (C=N–C) groups is 1. The highest BCUT2D eigenvalue weighted by molar-refractivity contribution is 5.79. The average Bonchev–Trinajstić information content (AvgIpc) is 3.04.